The van der Waals surface area contributed by atoms with E-state index in [1.54, 1.807) is 18.2 Å². The van der Waals surface area contributed by atoms with E-state index < -0.39 is 17.7 Å². The Hall–Kier alpha value is -3.75. The molecule has 9 heteroatoms. The molecule has 29 heavy (non-hydrogen) atoms. The molecule has 0 fully saturated rings. The van der Waals surface area contributed by atoms with Crippen LogP contribution < -0.4 is 30.4 Å². The third-order valence-corrected chi connectivity index (χ3v) is 3.72. The first-order valence-electron chi connectivity index (χ1n) is 8.69. The molecule has 0 saturated heterocycles. The first-order valence-corrected chi connectivity index (χ1v) is 8.69. The Kier molecular flexibility index (Phi) is 7.84. The third-order valence-electron chi connectivity index (χ3n) is 3.72. The van der Waals surface area contributed by atoms with E-state index in [1.807, 2.05) is 19.1 Å². The fraction of sp³-hybridized carbons (Fsp3) is 0.250. The molecule has 3 amide bonds. The van der Waals surface area contributed by atoms with Gasteiger partial charge in [0.1, 0.15) is 17.2 Å². The second kappa shape index (κ2) is 10.5. The molecule has 0 aromatic heterocycles. The molecule has 0 radical (unpaired) electrons. The van der Waals surface area contributed by atoms with Crippen LogP contribution in [0.15, 0.2) is 42.5 Å². The fourth-order valence-electron chi connectivity index (χ4n) is 2.27. The van der Waals surface area contributed by atoms with E-state index in [0.29, 0.717) is 17.2 Å². The van der Waals surface area contributed by atoms with Gasteiger partial charge in [-0.2, -0.15) is 0 Å². The van der Waals surface area contributed by atoms with Gasteiger partial charge in [0.05, 0.1) is 20.8 Å². The number of rotatable bonds is 8. The van der Waals surface area contributed by atoms with Crippen molar-refractivity contribution in [2.24, 2.45) is 0 Å². The Bertz CT molecular complexity index is 862. The van der Waals surface area contributed by atoms with Gasteiger partial charge in [-0.15, -0.1) is 0 Å². The largest absolute Gasteiger partial charge is 0.497 e. The number of carbonyl (C=O) groups is 3. The van der Waals surface area contributed by atoms with E-state index in [0.717, 1.165) is 5.56 Å². The standard InChI is InChI=1S/C20H23N3O6/c1-13-5-4-6-15(7-13)29-12-19(25)23-22-18(24)11-21-20(26)14-8-16(27-2)10-17(9-14)28-3/h4-10H,11-12H2,1-3H3,(H,21,26)(H,22,24)(H,23,25). The molecule has 0 aliphatic heterocycles. The lowest BCUT2D eigenvalue weighted by atomic mass is 10.2. The molecule has 0 spiro atoms. The van der Waals surface area contributed by atoms with Crippen LogP contribution in [0.3, 0.4) is 0 Å². The number of aryl methyl sites for hydroxylation is 1. The minimum absolute atomic E-state index is 0.264. The monoisotopic (exact) mass is 401 g/mol. The van der Waals surface area contributed by atoms with Crippen molar-refractivity contribution in [2.75, 3.05) is 27.4 Å². The summed E-state index contributed by atoms with van der Waals surface area (Å²) >= 11 is 0. The maximum absolute atomic E-state index is 12.2. The van der Waals surface area contributed by atoms with Crippen molar-refractivity contribution in [3.05, 3.63) is 53.6 Å². The predicted molar refractivity (Wildman–Crippen MR) is 105 cm³/mol. The quantitative estimate of drug-likeness (QED) is 0.568. The first-order chi connectivity index (χ1) is 13.9. The van der Waals surface area contributed by atoms with Crippen LogP contribution in [0, 0.1) is 6.92 Å². The summed E-state index contributed by atoms with van der Waals surface area (Å²) in [7, 11) is 2.94. The topological polar surface area (TPSA) is 115 Å². The van der Waals surface area contributed by atoms with E-state index in [4.69, 9.17) is 14.2 Å². The van der Waals surface area contributed by atoms with Crippen molar-refractivity contribution in [2.45, 2.75) is 6.92 Å². The maximum Gasteiger partial charge on any atom is 0.276 e. The number of hydrogen-bond acceptors (Lipinski definition) is 6. The van der Waals surface area contributed by atoms with Crippen molar-refractivity contribution < 1.29 is 28.6 Å². The third kappa shape index (κ3) is 7.06. The highest BCUT2D eigenvalue weighted by atomic mass is 16.5. The zero-order chi connectivity index (χ0) is 21.2. The Morgan fingerprint density at radius 1 is 0.862 bits per heavy atom. The zero-order valence-corrected chi connectivity index (χ0v) is 16.4. The molecular weight excluding hydrogens is 378 g/mol. The van der Waals surface area contributed by atoms with Crippen molar-refractivity contribution in [3.8, 4) is 17.2 Å². The number of methoxy groups -OCH3 is 2. The summed E-state index contributed by atoms with van der Waals surface area (Å²) in [5.74, 6) is -0.195. The van der Waals surface area contributed by atoms with Gasteiger partial charge in [0, 0.05) is 11.6 Å². The van der Waals surface area contributed by atoms with Gasteiger partial charge in [0.25, 0.3) is 17.7 Å². The molecule has 0 heterocycles. The van der Waals surface area contributed by atoms with E-state index in [-0.39, 0.29) is 18.7 Å². The lowest BCUT2D eigenvalue weighted by Crippen LogP contribution is -2.47. The maximum atomic E-state index is 12.2. The Balaban J connectivity index is 1.75. The van der Waals surface area contributed by atoms with E-state index >= 15 is 0 Å². The molecule has 2 aromatic rings. The smallest absolute Gasteiger partial charge is 0.276 e. The van der Waals surface area contributed by atoms with Gasteiger partial charge in [0.2, 0.25) is 0 Å². The summed E-state index contributed by atoms with van der Waals surface area (Å²) in [6, 6.07) is 11.9. The Labute approximate surface area is 168 Å². The highest BCUT2D eigenvalue weighted by Crippen LogP contribution is 2.22. The van der Waals surface area contributed by atoms with Gasteiger partial charge in [0.15, 0.2) is 6.61 Å². The molecule has 0 atom stereocenters. The summed E-state index contributed by atoms with van der Waals surface area (Å²) in [5, 5.41) is 2.44. The van der Waals surface area contributed by atoms with Crippen LogP contribution >= 0.6 is 0 Å². The average Bonchev–Trinajstić information content (AvgIpc) is 2.74. The van der Waals surface area contributed by atoms with E-state index in [1.165, 1.54) is 26.4 Å². The lowest BCUT2D eigenvalue weighted by Gasteiger charge is -2.11. The number of benzene rings is 2. The molecule has 9 nitrogen and oxygen atoms in total. The molecular formula is C20H23N3O6. The number of hydrogen-bond donors (Lipinski definition) is 3. The Morgan fingerprint density at radius 2 is 1.52 bits per heavy atom. The van der Waals surface area contributed by atoms with Crippen molar-refractivity contribution in [3.63, 3.8) is 0 Å². The number of nitrogens with one attached hydrogen (secondary N) is 3. The van der Waals surface area contributed by atoms with Crippen LogP contribution in [-0.4, -0.2) is 45.1 Å². The SMILES string of the molecule is COc1cc(OC)cc(C(=O)NCC(=O)NNC(=O)COc2cccc(C)c2)c1. The van der Waals surface area contributed by atoms with Crippen molar-refractivity contribution >= 4 is 17.7 Å². The molecule has 0 aliphatic rings. The van der Waals surface area contributed by atoms with Crippen molar-refractivity contribution in [1.82, 2.24) is 16.2 Å². The lowest BCUT2D eigenvalue weighted by molar-refractivity contribution is -0.129. The van der Waals surface area contributed by atoms with E-state index in [2.05, 4.69) is 16.2 Å². The molecule has 2 aromatic carbocycles. The first kappa shape index (κ1) is 21.5. The van der Waals surface area contributed by atoms with Crippen LogP contribution in [0.1, 0.15) is 15.9 Å². The number of amides is 3. The van der Waals surface area contributed by atoms with Gasteiger partial charge in [-0.25, -0.2) is 0 Å². The molecule has 3 N–H and O–H groups in total. The minimum atomic E-state index is -0.600. The number of hydrazine groups is 1. The van der Waals surface area contributed by atoms with Gasteiger partial charge in [-0.3, -0.25) is 25.2 Å². The predicted octanol–water partition coefficient (Wildman–Crippen LogP) is 0.968. The molecule has 0 aliphatic carbocycles. The normalized spacial score (nSPS) is 9.90. The van der Waals surface area contributed by atoms with Crippen LogP contribution in [0.4, 0.5) is 0 Å². The highest BCUT2D eigenvalue weighted by molar-refractivity contribution is 5.97. The molecule has 2 rings (SSSR count). The van der Waals surface area contributed by atoms with Gasteiger partial charge < -0.3 is 19.5 Å². The van der Waals surface area contributed by atoms with Crippen LogP contribution in [0.25, 0.3) is 0 Å². The van der Waals surface area contributed by atoms with Crippen LogP contribution in [0.5, 0.6) is 17.2 Å². The second-order valence-corrected chi connectivity index (χ2v) is 5.99. The zero-order valence-electron chi connectivity index (χ0n) is 16.4. The second-order valence-electron chi connectivity index (χ2n) is 5.99. The van der Waals surface area contributed by atoms with Crippen molar-refractivity contribution in [1.29, 1.82) is 0 Å². The molecule has 0 saturated carbocycles. The average molecular weight is 401 g/mol. The molecule has 0 bridgehead atoms. The highest BCUT2D eigenvalue weighted by Gasteiger charge is 2.12. The fourth-order valence-corrected chi connectivity index (χ4v) is 2.27. The number of carbonyl (C=O) groups excluding carboxylic acids is 3. The summed E-state index contributed by atoms with van der Waals surface area (Å²) in [4.78, 5) is 35.8. The minimum Gasteiger partial charge on any atom is -0.497 e. The summed E-state index contributed by atoms with van der Waals surface area (Å²) < 4.78 is 15.5. The summed E-state index contributed by atoms with van der Waals surface area (Å²) in [6.07, 6.45) is 0. The van der Waals surface area contributed by atoms with Gasteiger partial charge in [-0.05, 0) is 36.8 Å². The van der Waals surface area contributed by atoms with Gasteiger partial charge >= 0.3 is 0 Å². The van der Waals surface area contributed by atoms with E-state index in [9.17, 15) is 14.4 Å². The van der Waals surface area contributed by atoms with Crippen LogP contribution in [0.2, 0.25) is 0 Å². The summed E-state index contributed by atoms with van der Waals surface area (Å²) in [5.41, 5.74) is 5.68. The summed E-state index contributed by atoms with van der Waals surface area (Å²) in [6.45, 7) is 1.31. The van der Waals surface area contributed by atoms with Crippen LogP contribution in [-0.2, 0) is 9.59 Å². The number of ether oxygens (including phenoxy) is 3. The molecule has 154 valence electrons. The Morgan fingerprint density at radius 3 is 2.14 bits per heavy atom. The van der Waals surface area contributed by atoms with Gasteiger partial charge in [-0.1, -0.05) is 12.1 Å². The molecule has 0 unspecified atom stereocenters.